The second-order valence-electron chi connectivity index (χ2n) is 6.64. The Morgan fingerprint density at radius 3 is 2.37 bits per heavy atom. The van der Waals surface area contributed by atoms with Gasteiger partial charge in [-0.1, -0.05) is 30.3 Å². The predicted molar refractivity (Wildman–Crippen MR) is 116 cm³/mol. The summed E-state index contributed by atoms with van der Waals surface area (Å²) in [6, 6.07) is 11.5. The summed E-state index contributed by atoms with van der Waals surface area (Å²) in [4.78, 5) is 25.1. The van der Waals surface area contributed by atoms with Gasteiger partial charge in [0.15, 0.2) is 6.61 Å². The van der Waals surface area contributed by atoms with Crippen LogP contribution in [0.15, 0.2) is 47.8 Å². The van der Waals surface area contributed by atoms with Crippen LogP contribution in [0.5, 0.6) is 5.75 Å². The Balaban J connectivity index is 1.82. The normalized spacial score (nSPS) is 10.5. The molecule has 2 aromatic carbocycles. The molecule has 1 aromatic heterocycles. The zero-order chi connectivity index (χ0) is 21.7. The van der Waals surface area contributed by atoms with E-state index >= 15 is 0 Å². The second-order valence-corrected chi connectivity index (χ2v) is 7.52. The van der Waals surface area contributed by atoms with Crippen LogP contribution in [-0.4, -0.2) is 25.1 Å². The van der Waals surface area contributed by atoms with E-state index in [0.717, 1.165) is 11.1 Å². The van der Waals surface area contributed by atoms with Crippen molar-refractivity contribution >= 4 is 28.2 Å². The molecule has 30 heavy (non-hydrogen) atoms. The van der Waals surface area contributed by atoms with Crippen molar-refractivity contribution in [3.8, 4) is 16.9 Å². The summed E-state index contributed by atoms with van der Waals surface area (Å²) in [5.41, 5.74) is 3.34. The summed E-state index contributed by atoms with van der Waals surface area (Å²) < 4.78 is 24.1. The molecule has 1 heterocycles. The largest absolute Gasteiger partial charge is 0.483 e. The van der Waals surface area contributed by atoms with Crippen molar-refractivity contribution in [2.24, 2.45) is 0 Å². The van der Waals surface area contributed by atoms with Gasteiger partial charge >= 0.3 is 5.97 Å². The maximum Gasteiger partial charge on any atom is 0.341 e. The summed E-state index contributed by atoms with van der Waals surface area (Å²) in [5, 5.41) is 4.84. The number of nitrogens with one attached hydrogen (secondary N) is 1. The van der Waals surface area contributed by atoms with E-state index in [1.807, 2.05) is 32.0 Å². The molecule has 0 fully saturated rings. The number of anilines is 1. The van der Waals surface area contributed by atoms with Gasteiger partial charge in [0.1, 0.15) is 22.1 Å². The van der Waals surface area contributed by atoms with Crippen LogP contribution in [-0.2, 0) is 9.53 Å². The van der Waals surface area contributed by atoms with E-state index in [1.165, 1.54) is 23.5 Å². The summed E-state index contributed by atoms with van der Waals surface area (Å²) in [6.07, 6.45) is 0. The second kappa shape index (κ2) is 9.54. The van der Waals surface area contributed by atoms with Crippen LogP contribution in [0.1, 0.15) is 28.4 Å². The third kappa shape index (κ3) is 4.86. The Labute approximate surface area is 178 Å². The quantitative estimate of drug-likeness (QED) is 0.515. The molecule has 0 aliphatic rings. The lowest BCUT2D eigenvalue weighted by Gasteiger charge is -2.12. The lowest BCUT2D eigenvalue weighted by Crippen LogP contribution is -2.21. The minimum Gasteiger partial charge on any atom is -0.483 e. The molecular weight excluding hydrogens is 405 g/mol. The molecule has 0 unspecified atom stereocenters. The third-order valence-corrected chi connectivity index (χ3v) is 5.33. The molecule has 7 heteroatoms. The highest BCUT2D eigenvalue weighted by atomic mass is 32.1. The van der Waals surface area contributed by atoms with Gasteiger partial charge in [0, 0.05) is 10.9 Å². The van der Waals surface area contributed by atoms with Crippen LogP contribution in [0.2, 0.25) is 0 Å². The lowest BCUT2D eigenvalue weighted by atomic mass is 10.0. The first-order valence-corrected chi connectivity index (χ1v) is 10.3. The molecule has 0 saturated heterocycles. The number of hydrogen-bond donors (Lipinski definition) is 1. The minimum atomic E-state index is -0.552. The number of para-hydroxylation sites is 1. The van der Waals surface area contributed by atoms with Gasteiger partial charge in [0.25, 0.3) is 5.91 Å². The summed E-state index contributed by atoms with van der Waals surface area (Å²) in [5.74, 6) is -0.653. The van der Waals surface area contributed by atoms with E-state index in [1.54, 1.807) is 24.4 Å². The Bertz CT molecular complexity index is 1040. The number of thiophene rings is 1. The maximum atomic E-state index is 13.3. The van der Waals surface area contributed by atoms with Crippen molar-refractivity contribution in [2.75, 3.05) is 18.5 Å². The van der Waals surface area contributed by atoms with E-state index in [-0.39, 0.29) is 24.6 Å². The first-order valence-electron chi connectivity index (χ1n) is 9.44. The summed E-state index contributed by atoms with van der Waals surface area (Å²) in [7, 11) is 0. The number of ether oxygens (including phenoxy) is 2. The van der Waals surface area contributed by atoms with Crippen molar-refractivity contribution in [3.05, 3.63) is 70.4 Å². The standard InChI is InChI=1S/C23H22FNO4S/c1-4-28-23(27)20-18(16-8-10-17(24)11-9-16)13-30-22(20)25-19(26)12-29-21-14(2)6-5-7-15(21)3/h5-11,13H,4,12H2,1-3H3,(H,25,26). The molecule has 5 nitrogen and oxygen atoms in total. The molecule has 1 amide bonds. The average Bonchev–Trinajstić information content (AvgIpc) is 3.12. The van der Waals surface area contributed by atoms with Crippen molar-refractivity contribution in [3.63, 3.8) is 0 Å². The van der Waals surface area contributed by atoms with Gasteiger partial charge in [-0.15, -0.1) is 11.3 Å². The van der Waals surface area contributed by atoms with Crippen LogP contribution >= 0.6 is 11.3 Å². The smallest absolute Gasteiger partial charge is 0.341 e. The summed E-state index contributed by atoms with van der Waals surface area (Å²) in [6.45, 7) is 5.53. The molecular formula is C23H22FNO4S. The predicted octanol–water partition coefficient (Wildman–Crippen LogP) is 5.37. The Morgan fingerprint density at radius 1 is 1.07 bits per heavy atom. The van der Waals surface area contributed by atoms with Crippen molar-refractivity contribution in [2.45, 2.75) is 20.8 Å². The van der Waals surface area contributed by atoms with Crippen LogP contribution in [0, 0.1) is 19.7 Å². The first-order chi connectivity index (χ1) is 14.4. The van der Waals surface area contributed by atoms with Gasteiger partial charge in [0.2, 0.25) is 0 Å². The molecule has 0 aliphatic heterocycles. The van der Waals surface area contributed by atoms with E-state index in [4.69, 9.17) is 9.47 Å². The van der Waals surface area contributed by atoms with Crippen LogP contribution in [0.25, 0.3) is 11.1 Å². The minimum absolute atomic E-state index is 0.195. The number of amides is 1. The number of halogens is 1. The maximum absolute atomic E-state index is 13.3. The lowest BCUT2D eigenvalue weighted by molar-refractivity contribution is -0.118. The van der Waals surface area contributed by atoms with Gasteiger partial charge in [0.05, 0.1) is 6.61 Å². The van der Waals surface area contributed by atoms with Crippen molar-refractivity contribution in [1.29, 1.82) is 0 Å². The molecule has 0 radical (unpaired) electrons. The number of aryl methyl sites for hydroxylation is 2. The van der Waals surface area contributed by atoms with Gasteiger partial charge in [-0.25, -0.2) is 9.18 Å². The third-order valence-electron chi connectivity index (χ3n) is 4.44. The fourth-order valence-corrected chi connectivity index (χ4v) is 4.00. The zero-order valence-corrected chi connectivity index (χ0v) is 17.8. The van der Waals surface area contributed by atoms with E-state index in [2.05, 4.69) is 5.32 Å². The zero-order valence-electron chi connectivity index (χ0n) is 17.0. The van der Waals surface area contributed by atoms with Gasteiger partial charge in [-0.05, 0) is 49.6 Å². The Kier molecular flexibility index (Phi) is 6.84. The highest BCUT2D eigenvalue weighted by Crippen LogP contribution is 2.36. The number of esters is 1. The van der Waals surface area contributed by atoms with Crippen LogP contribution in [0.4, 0.5) is 9.39 Å². The number of rotatable bonds is 7. The number of benzene rings is 2. The fourth-order valence-electron chi connectivity index (χ4n) is 3.02. The molecule has 3 rings (SSSR count). The van der Waals surface area contributed by atoms with E-state index < -0.39 is 11.9 Å². The Hall–Kier alpha value is -3.19. The SMILES string of the molecule is CCOC(=O)c1c(-c2ccc(F)cc2)csc1NC(=O)COc1c(C)cccc1C. The summed E-state index contributed by atoms with van der Waals surface area (Å²) >= 11 is 1.20. The molecule has 0 spiro atoms. The average molecular weight is 427 g/mol. The monoisotopic (exact) mass is 427 g/mol. The number of hydrogen-bond acceptors (Lipinski definition) is 5. The number of carbonyl (C=O) groups is 2. The van der Waals surface area contributed by atoms with Crippen LogP contribution in [0.3, 0.4) is 0 Å². The Morgan fingerprint density at radius 2 is 1.73 bits per heavy atom. The molecule has 156 valence electrons. The molecule has 0 saturated carbocycles. The first kappa shape index (κ1) is 21.5. The van der Waals surface area contributed by atoms with Gasteiger partial charge < -0.3 is 14.8 Å². The van der Waals surface area contributed by atoms with Gasteiger partial charge in [-0.3, -0.25) is 4.79 Å². The van der Waals surface area contributed by atoms with E-state index in [0.29, 0.717) is 21.9 Å². The molecule has 0 bridgehead atoms. The molecule has 0 atom stereocenters. The highest BCUT2D eigenvalue weighted by molar-refractivity contribution is 7.15. The van der Waals surface area contributed by atoms with Gasteiger partial charge in [-0.2, -0.15) is 0 Å². The van der Waals surface area contributed by atoms with Crippen LogP contribution < -0.4 is 10.1 Å². The molecule has 0 aliphatic carbocycles. The number of carbonyl (C=O) groups excluding carboxylic acids is 2. The fraction of sp³-hybridized carbons (Fsp3) is 0.217. The highest BCUT2D eigenvalue weighted by Gasteiger charge is 2.23. The van der Waals surface area contributed by atoms with Crippen molar-refractivity contribution < 1.29 is 23.5 Å². The van der Waals surface area contributed by atoms with Crippen molar-refractivity contribution in [1.82, 2.24) is 0 Å². The molecule has 1 N–H and O–H groups in total. The van der Waals surface area contributed by atoms with E-state index in [9.17, 15) is 14.0 Å². The topological polar surface area (TPSA) is 64.6 Å². The molecule has 3 aromatic rings.